The molecule has 130 valence electrons. The Kier molecular flexibility index (Phi) is 4.84. The summed E-state index contributed by atoms with van der Waals surface area (Å²) in [6.07, 6.45) is -7.02. The van der Waals surface area contributed by atoms with Crippen LogP contribution in [0.5, 0.6) is 0 Å². The molecule has 0 aromatic rings. The van der Waals surface area contributed by atoms with Gasteiger partial charge in [0.05, 0.1) is 0 Å². The molecular weight excluding hydrogens is 353 g/mol. The second-order valence-corrected chi connectivity index (χ2v) is 3.79. The van der Waals surface area contributed by atoms with Crippen LogP contribution in [0, 0.1) is 0 Å². The molecule has 0 aliphatic heterocycles. The van der Waals surface area contributed by atoms with Gasteiger partial charge in [0, 0.05) is 6.92 Å². The first-order chi connectivity index (χ1) is 9.30. The molecule has 0 saturated carbocycles. The van der Waals surface area contributed by atoms with E-state index in [0.29, 0.717) is 0 Å². The molecule has 0 saturated heterocycles. The number of halogens is 11. The molecule has 0 fully saturated rings. The van der Waals surface area contributed by atoms with Crippen molar-refractivity contribution in [2.24, 2.45) is 0 Å². The van der Waals surface area contributed by atoms with Gasteiger partial charge in [-0.1, -0.05) is 0 Å². The Morgan fingerprint density at radius 1 is 0.682 bits per heavy atom. The van der Waals surface area contributed by atoms with E-state index in [-0.39, 0.29) is 0 Å². The third kappa shape index (κ3) is 3.24. The summed E-state index contributed by atoms with van der Waals surface area (Å²) in [5, 5.41) is 0. The Morgan fingerprint density at radius 3 is 1.27 bits per heavy atom. The molecule has 0 atom stereocenters. The van der Waals surface area contributed by atoms with E-state index in [1.807, 2.05) is 0 Å². The Balaban J connectivity index is 5.44. The molecule has 22 heavy (non-hydrogen) atoms. The average molecular weight is 356 g/mol. The minimum Gasteiger partial charge on any atom is -0.384 e. The predicted octanol–water partition coefficient (Wildman–Crippen LogP) is 3.18. The SMILES string of the molecule is CC(F)(F)C(F)(F)C(=O)OC(=O)C(F)(F)C(F)(F)C(F)(F)F. The van der Waals surface area contributed by atoms with Gasteiger partial charge in [0.1, 0.15) is 0 Å². The number of ether oxygens (including phenoxy) is 1. The third-order valence-electron chi connectivity index (χ3n) is 2.00. The molecule has 0 aromatic carbocycles. The largest absolute Gasteiger partial charge is 0.460 e. The lowest BCUT2D eigenvalue weighted by Gasteiger charge is -2.27. The third-order valence-corrected chi connectivity index (χ3v) is 2.00. The first-order valence-corrected chi connectivity index (χ1v) is 4.65. The van der Waals surface area contributed by atoms with Crippen molar-refractivity contribution in [1.82, 2.24) is 0 Å². The van der Waals surface area contributed by atoms with Crippen molar-refractivity contribution in [2.75, 3.05) is 0 Å². The van der Waals surface area contributed by atoms with Gasteiger partial charge < -0.3 is 4.74 Å². The van der Waals surface area contributed by atoms with E-state index < -0.39 is 48.7 Å². The molecule has 0 N–H and O–H groups in total. The van der Waals surface area contributed by atoms with Gasteiger partial charge >= 0.3 is 41.8 Å². The van der Waals surface area contributed by atoms with Gasteiger partial charge in [-0.2, -0.15) is 48.3 Å². The van der Waals surface area contributed by atoms with Crippen LogP contribution in [0.15, 0.2) is 0 Å². The van der Waals surface area contributed by atoms with Crippen molar-refractivity contribution >= 4 is 11.9 Å². The summed E-state index contributed by atoms with van der Waals surface area (Å²) < 4.78 is 137. The highest BCUT2D eigenvalue weighted by atomic mass is 19.4. The number of hydrogen-bond acceptors (Lipinski definition) is 3. The van der Waals surface area contributed by atoms with Crippen LogP contribution < -0.4 is 0 Å². The molecule has 3 nitrogen and oxygen atoms in total. The predicted molar refractivity (Wildman–Crippen MR) is 42.6 cm³/mol. The van der Waals surface area contributed by atoms with Crippen molar-refractivity contribution in [3.8, 4) is 0 Å². The maximum atomic E-state index is 12.6. The lowest BCUT2D eigenvalue weighted by molar-refractivity contribution is -0.348. The number of rotatable bonds is 4. The molecule has 0 amide bonds. The Morgan fingerprint density at radius 2 is 1.00 bits per heavy atom. The fourth-order valence-electron chi connectivity index (χ4n) is 0.698. The molecule has 0 aliphatic rings. The fraction of sp³-hybridized carbons (Fsp3) is 0.750. The van der Waals surface area contributed by atoms with Gasteiger partial charge in [-0.3, -0.25) is 0 Å². The summed E-state index contributed by atoms with van der Waals surface area (Å²) in [7, 11) is 0. The first kappa shape index (κ1) is 20.4. The Bertz CT molecular complexity index is 459. The number of hydrogen-bond donors (Lipinski definition) is 0. The Hall–Kier alpha value is -1.63. The minimum absolute atomic E-state index is 0.624. The van der Waals surface area contributed by atoms with Gasteiger partial charge in [-0.25, -0.2) is 9.59 Å². The van der Waals surface area contributed by atoms with E-state index in [2.05, 4.69) is 4.74 Å². The minimum atomic E-state index is -7.10. The van der Waals surface area contributed by atoms with Gasteiger partial charge in [-0.05, 0) is 0 Å². The van der Waals surface area contributed by atoms with Crippen molar-refractivity contribution in [1.29, 1.82) is 0 Å². The second kappa shape index (κ2) is 5.22. The van der Waals surface area contributed by atoms with E-state index in [1.165, 1.54) is 0 Å². The van der Waals surface area contributed by atoms with Gasteiger partial charge in [0.25, 0.3) is 0 Å². The molecule has 0 aliphatic carbocycles. The van der Waals surface area contributed by atoms with Crippen LogP contribution in [0.25, 0.3) is 0 Å². The lowest BCUT2D eigenvalue weighted by Crippen LogP contribution is -2.58. The highest BCUT2D eigenvalue weighted by Gasteiger charge is 2.78. The van der Waals surface area contributed by atoms with Crippen LogP contribution in [-0.2, 0) is 14.3 Å². The lowest BCUT2D eigenvalue weighted by atomic mass is 10.1. The Labute approximate surface area is 113 Å². The molecule has 0 unspecified atom stereocenters. The fourth-order valence-corrected chi connectivity index (χ4v) is 0.698. The van der Waals surface area contributed by atoms with Crippen LogP contribution in [0.3, 0.4) is 0 Å². The van der Waals surface area contributed by atoms with Crippen molar-refractivity contribution in [3.63, 3.8) is 0 Å². The number of carbonyl (C=O) groups is 2. The molecule has 0 heterocycles. The zero-order valence-corrected chi connectivity index (χ0v) is 9.88. The zero-order valence-electron chi connectivity index (χ0n) is 9.88. The smallest absolute Gasteiger partial charge is 0.384 e. The normalized spacial score (nSPS) is 14.7. The summed E-state index contributed by atoms with van der Waals surface area (Å²) in [6, 6.07) is 0. The molecule has 0 spiro atoms. The van der Waals surface area contributed by atoms with Crippen LogP contribution in [0.1, 0.15) is 6.92 Å². The van der Waals surface area contributed by atoms with E-state index in [1.54, 1.807) is 0 Å². The standard InChI is InChI=1S/C8H3F11O3/c1-4(9,10)5(11,12)2(20)22-3(21)6(13,14)7(15,16)8(17,18)19/h1H3. The molecular formula is C8H3F11O3. The van der Waals surface area contributed by atoms with Crippen molar-refractivity contribution < 1.29 is 62.6 Å². The first-order valence-electron chi connectivity index (χ1n) is 4.65. The summed E-state index contributed by atoms with van der Waals surface area (Å²) in [4.78, 5) is 20.8. The molecule has 0 aromatic heterocycles. The summed E-state index contributed by atoms with van der Waals surface area (Å²) >= 11 is 0. The van der Waals surface area contributed by atoms with Crippen LogP contribution in [0.2, 0.25) is 0 Å². The maximum absolute atomic E-state index is 12.6. The van der Waals surface area contributed by atoms with Gasteiger partial charge in [-0.15, -0.1) is 0 Å². The molecule has 14 heteroatoms. The highest BCUT2D eigenvalue weighted by molar-refractivity contribution is 5.93. The quantitative estimate of drug-likeness (QED) is 0.442. The summed E-state index contributed by atoms with van der Waals surface area (Å²) in [6.45, 7) is -0.624. The number of alkyl halides is 11. The average Bonchev–Trinajstić information content (AvgIpc) is 2.25. The second-order valence-electron chi connectivity index (χ2n) is 3.79. The topological polar surface area (TPSA) is 43.4 Å². The van der Waals surface area contributed by atoms with E-state index >= 15 is 0 Å². The summed E-state index contributed by atoms with van der Waals surface area (Å²) in [5.41, 5.74) is 0. The summed E-state index contributed by atoms with van der Waals surface area (Å²) in [5.74, 6) is -32.9. The van der Waals surface area contributed by atoms with Crippen LogP contribution >= 0.6 is 0 Å². The maximum Gasteiger partial charge on any atom is 0.460 e. The molecule has 0 bridgehead atoms. The van der Waals surface area contributed by atoms with Crippen molar-refractivity contribution in [2.45, 2.75) is 36.8 Å². The van der Waals surface area contributed by atoms with E-state index in [4.69, 9.17) is 0 Å². The van der Waals surface area contributed by atoms with E-state index in [9.17, 15) is 57.9 Å². The number of esters is 2. The van der Waals surface area contributed by atoms with E-state index in [0.717, 1.165) is 0 Å². The monoisotopic (exact) mass is 356 g/mol. The van der Waals surface area contributed by atoms with Crippen molar-refractivity contribution in [3.05, 3.63) is 0 Å². The van der Waals surface area contributed by atoms with Crippen LogP contribution in [0.4, 0.5) is 48.3 Å². The highest BCUT2D eigenvalue weighted by Crippen LogP contribution is 2.47. The number of carbonyl (C=O) groups excluding carboxylic acids is 2. The molecule has 0 radical (unpaired) electrons. The van der Waals surface area contributed by atoms with Crippen LogP contribution in [-0.4, -0.2) is 41.8 Å². The van der Waals surface area contributed by atoms with Gasteiger partial charge in [0.2, 0.25) is 0 Å². The molecule has 0 rings (SSSR count). The zero-order chi connectivity index (χ0) is 18.4. The van der Waals surface area contributed by atoms with Gasteiger partial charge in [0.15, 0.2) is 0 Å².